The summed E-state index contributed by atoms with van der Waals surface area (Å²) in [6.45, 7) is 3.83. The monoisotopic (exact) mass is 272 g/mol. The van der Waals surface area contributed by atoms with Gasteiger partial charge < -0.3 is 21.1 Å². The summed E-state index contributed by atoms with van der Waals surface area (Å²) in [6, 6.07) is 0. The number of nitrogens with one attached hydrogen (secondary N) is 3. The lowest BCUT2D eigenvalue weighted by atomic mass is 10.3. The van der Waals surface area contributed by atoms with Crippen LogP contribution in [0.3, 0.4) is 0 Å². The Balaban J connectivity index is 4.30. The third-order valence-corrected chi connectivity index (χ3v) is 2.68. The van der Waals surface area contributed by atoms with E-state index in [9.17, 15) is 5.11 Å². The third kappa shape index (κ3) is 8.39. The Hall–Kier alpha value is -1.34. The van der Waals surface area contributed by atoms with Crippen molar-refractivity contribution in [3.8, 4) is 0 Å². The molecule has 0 amide bonds. The van der Waals surface area contributed by atoms with Crippen LogP contribution >= 0.6 is 0 Å². The van der Waals surface area contributed by atoms with Crippen LogP contribution in [0, 0.1) is 0 Å². The largest absolute Gasteiger partial charge is 0.392 e. The van der Waals surface area contributed by atoms with Gasteiger partial charge in [-0.15, -0.1) is 0 Å². The number of guanidine groups is 1. The molecule has 0 aliphatic heterocycles. The van der Waals surface area contributed by atoms with E-state index in [4.69, 9.17) is 0 Å². The number of aliphatic imine (C=N–C) groups is 2. The number of aliphatic hydroxyl groups excluding tert-OH is 1. The SMILES string of the molecule is CN=C(CCN(CNC(=NC)NC)CC(C)O)NC. The first-order chi connectivity index (χ1) is 9.07. The summed E-state index contributed by atoms with van der Waals surface area (Å²) in [4.78, 5) is 10.3. The molecule has 112 valence electrons. The van der Waals surface area contributed by atoms with Crippen LogP contribution in [0.25, 0.3) is 0 Å². The zero-order chi connectivity index (χ0) is 14.7. The zero-order valence-electron chi connectivity index (χ0n) is 12.7. The Kier molecular flexibility index (Phi) is 9.82. The molecule has 0 aromatic rings. The van der Waals surface area contributed by atoms with Gasteiger partial charge in [0.15, 0.2) is 5.96 Å². The second-order valence-electron chi connectivity index (χ2n) is 4.25. The fourth-order valence-electron chi connectivity index (χ4n) is 1.69. The van der Waals surface area contributed by atoms with E-state index in [0.29, 0.717) is 13.2 Å². The van der Waals surface area contributed by atoms with Gasteiger partial charge in [0, 0.05) is 47.7 Å². The molecule has 19 heavy (non-hydrogen) atoms. The first-order valence-electron chi connectivity index (χ1n) is 6.49. The van der Waals surface area contributed by atoms with Gasteiger partial charge in [-0.05, 0) is 6.92 Å². The molecule has 0 saturated carbocycles. The molecule has 0 aliphatic rings. The molecule has 7 nitrogen and oxygen atoms in total. The minimum atomic E-state index is -0.366. The summed E-state index contributed by atoms with van der Waals surface area (Å²) in [6.07, 6.45) is 0.453. The van der Waals surface area contributed by atoms with Crippen molar-refractivity contribution in [2.75, 3.05) is 47.9 Å². The van der Waals surface area contributed by atoms with Gasteiger partial charge >= 0.3 is 0 Å². The number of aliphatic hydroxyl groups is 1. The van der Waals surface area contributed by atoms with E-state index in [0.717, 1.165) is 24.8 Å². The zero-order valence-corrected chi connectivity index (χ0v) is 12.7. The fraction of sp³-hybridized carbons (Fsp3) is 0.833. The highest BCUT2D eigenvalue weighted by atomic mass is 16.3. The van der Waals surface area contributed by atoms with Crippen LogP contribution < -0.4 is 16.0 Å². The minimum Gasteiger partial charge on any atom is -0.392 e. The standard InChI is InChI=1S/C12H28N6O/c1-10(19)8-18(7-6-11(13-2)14-3)9-17-12(15-4)16-5/h10,19H,6-9H2,1-5H3,(H,13,14)(H2,15,16,17). The van der Waals surface area contributed by atoms with Crippen LogP contribution in [0.2, 0.25) is 0 Å². The highest BCUT2D eigenvalue weighted by molar-refractivity contribution is 5.82. The second-order valence-corrected chi connectivity index (χ2v) is 4.25. The van der Waals surface area contributed by atoms with Gasteiger partial charge in [-0.2, -0.15) is 0 Å². The van der Waals surface area contributed by atoms with Gasteiger partial charge in [0.1, 0.15) is 0 Å². The van der Waals surface area contributed by atoms with E-state index in [-0.39, 0.29) is 6.10 Å². The molecule has 0 rings (SSSR count). The number of amidine groups is 1. The van der Waals surface area contributed by atoms with Crippen molar-refractivity contribution in [1.82, 2.24) is 20.9 Å². The topological polar surface area (TPSA) is 84.3 Å². The first kappa shape index (κ1) is 17.7. The summed E-state index contributed by atoms with van der Waals surface area (Å²) in [7, 11) is 7.17. The van der Waals surface area contributed by atoms with E-state index in [1.165, 1.54) is 0 Å². The Morgan fingerprint density at radius 1 is 1.21 bits per heavy atom. The maximum absolute atomic E-state index is 9.52. The van der Waals surface area contributed by atoms with Crippen molar-refractivity contribution < 1.29 is 5.11 Å². The van der Waals surface area contributed by atoms with Crippen LogP contribution in [0.4, 0.5) is 0 Å². The molecule has 0 saturated heterocycles. The molecular weight excluding hydrogens is 244 g/mol. The van der Waals surface area contributed by atoms with Crippen LogP contribution in [-0.4, -0.2) is 75.9 Å². The normalized spacial score (nSPS) is 14.5. The molecule has 0 aromatic carbocycles. The van der Waals surface area contributed by atoms with E-state index in [2.05, 4.69) is 30.8 Å². The molecule has 1 unspecified atom stereocenters. The quantitative estimate of drug-likeness (QED) is 0.273. The molecule has 4 N–H and O–H groups in total. The maximum atomic E-state index is 9.52. The lowest BCUT2D eigenvalue weighted by Crippen LogP contribution is -2.45. The maximum Gasteiger partial charge on any atom is 0.191 e. The molecule has 0 fully saturated rings. The highest BCUT2D eigenvalue weighted by Crippen LogP contribution is 1.94. The summed E-state index contributed by atoms with van der Waals surface area (Å²) < 4.78 is 0. The highest BCUT2D eigenvalue weighted by Gasteiger charge is 2.09. The van der Waals surface area contributed by atoms with Crippen molar-refractivity contribution in [3.05, 3.63) is 0 Å². The average Bonchev–Trinajstić information content (AvgIpc) is 2.40. The van der Waals surface area contributed by atoms with Crippen molar-refractivity contribution in [1.29, 1.82) is 0 Å². The minimum absolute atomic E-state index is 0.366. The van der Waals surface area contributed by atoms with Gasteiger partial charge in [0.2, 0.25) is 0 Å². The van der Waals surface area contributed by atoms with E-state index < -0.39 is 0 Å². The smallest absolute Gasteiger partial charge is 0.191 e. The van der Waals surface area contributed by atoms with Crippen molar-refractivity contribution in [2.45, 2.75) is 19.4 Å². The van der Waals surface area contributed by atoms with Gasteiger partial charge in [0.05, 0.1) is 18.6 Å². The van der Waals surface area contributed by atoms with Crippen molar-refractivity contribution in [2.24, 2.45) is 9.98 Å². The van der Waals surface area contributed by atoms with Gasteiger partial charge in [-0.1, -0.05) is 0 Å². The number of nitrogens with zero attached hydrogens (tertiary/aromatic N) is 3. The van der Waals surface area contributed by atoms with Crippen molar-refractivity contribution >= 4 is 11.8 Å². The first-order valence-corrected chi connectivity index (χ1v) is 6.49. The molecule has 0 bridgehead atoms. The van der Waals surface area contributed by atoms with Gasteiger partial charge in [0.25, 0.3) is 0 Å². The van der Waals surface area contributed by atoms with Crippen molar-refractivity contribution in [3.63, 3.8) is 0 Å². The van der Waals surface area contributed by atoms with E-state index in [1.54, 1.807) is 21.0 Å². The van der Waals surface area contributed by atoms with E-state index >= 15 is 0 Å². The lowest BCUT2D eigenvalue weighted by Gasteiger charge is -2.25. The summed E-state index contributed by atoms with van der Waals surface area (Å²) in [5, 5.41) is 18.7. The molecule has 0 heterocycles. The molecular formula is C12H28N6O. The predicted molar refractivity (Wildman–Crippen MR) is 80.7 cm³/mol. The van der Waals surface area contributed by atoms with Crippen LogP contribution in [0.1, 0.15) is 13.3 Å². The molecule has 0 radical (unpaired) electrons. The number of hydrogen-bond donors (Lipinski definition) is 4. The van der Waals surface area contributed by atoms with Crippen LogP contribution in [0.5, 0.6) is 0 Å². The van der Waals surface area contributed by atoms with Gasteiger partial charge in [-0.25, -0.2) is 0 Å². The Morgan fingerprint density at radius 3 is 2.32 bits per heavy atom. The van der Waals surface area contributed by atoms with Gasteiger partial charge in [-0.3, -0.25) is 14.9 Å². The molecule has 0 aromatic heterocycles. The van der Waals surface area contributed by atoms with E-state index in [1.807, 2.05) is 14.1 Å². The lowest BCUT2D eigenvalue weighted by molar-refractivity contribution is 0.126. The molecule has 7 heteroatoms. The fourth-order valence-corrected chi connectivity index (χ4v) is 1.69. The Morgan fingerprint density at radius 2 is 1.89 bits per heavy atom. The molecule has 0 spiro atoms. The summed E-state index contributed by atoms with van der Waals surface area (Å²) in [5.41, 5.74) is 0. The summed E-state index contributed by atoms with van der Waals surface area (Å²) in [5.74, 6) is 1.68. The third-order valence-electron chi connectivity index (χ3n) is 2.68. The average molecular weight is 272 g/mol. The molecule has 0 aliphatic carbocycles. The predicted octanol–water partition coefficient (Wildman–Crippen LogP) is -0.941. The number of rotatable bonds is 7. The Labute approximate surface area is 116 Å². The Bertz CT molecular complexity index is 266. The van der Waals surface area contributed by atoms with Crippen LogP contribution in [0.15, 0.2) is 9.98 Å². The number of hydrogen-bond acceptors (Lipinski definition) is 4. The summed E-state index contributed by atoms with van der Waals surface area (Å²) >= 11 is 0. The second kappa shape index (κ2) is 10.6. The van der Waals surface area contributed by atoms with Crippen LogP contribution in [-0.2, 0) is 0 Å². The molecule has 1 atom stereocenters.